The number of nitrogens with one attached hydrogen (secondary N) is 1. The van der Waals surface area contributed by atoms with Crippen LogP contribution in [0.25, 0.3) is 0 Å². The summed E-state index contributed by atoms with van der Waals surface area (Å²) in [6.07, 6.45) is 1.99. The van der Waals surface area contributed by atoms with Crippen LogP contribution in [0, 0.1) is 0 Å². The minimum Gasteiger partial charge on any atom is -0.465 e. The Hall–Kier alpha value is -3.41. The van der Waals surface area contributed by atoms with E-state index in [1.807, 2.05) is 4.90 Å². The van der Waals surface area contributed by atoms with Crippen molar-refractivity contribution in [3.05, 3.63) is 76.6 Å². The molecular weight excluding hydrogens is 356 g/mol. The first-order valence-electron chi connectivity index (χ1n) is 9.23. The molecule has 1 N–H and O–H groups in total. The number of ketones is 2. The van der Waals surface area contributed by atoms with Crippen LogP contribution in [0.4, 0.5) is 5.69 Å². The molecule has 1 aliphatic heterocycles. The van der Waals surface area contributed by atoms with Crippen molar-refractivity contribution >= 4 is 23.2 Å². The van der Waals surface area contributed by atoms with Gasteiger partial charge in [-0.15, -0.1) is 0 Å². The number of hydrogen-bond donors (Lipinski definition) is 1. The Morgan fingerprint density at radius 2 is 1.54 bits per heavy atom. The summed E-state index contributed by atoms with van der Waals surface area (Å²) in [6, 6.07) is 13.5. The molecule has 6 nitrogen and oxygen atoms in total. The van der Waals surface area contributed by atoms with Crippen LogP contribution in [-0.2, 0) is 4.74 Å². The summed E-state index contributed by atoms with van der Waals surface area (Å²) < 4.78 is 4.71. The van der Waals surface area contributed by atoms with Crippen molar-refractivity contribution in [3.8, 4) is 0 Å². The summed E-state index contributed by atoms with van der Waals surface area (Å²) in [5, 5.41) is 3.13. The number of benzene rings is 2. The molecule has 0 saturated carbocycles. The highest BCUT2D eigenvalue weighted by Crippen LogP contribution is 2.31. The van der Waals surface area contributed by atoms with Gasteiger partial charge in [0.05, 0.1) is 12.7 Å². The van der Waals surface area contributed by atoms with E-state index in [2.05, 4.69) is 5.32 Å². The molecular formula is C22H20N2O4. The fraction of sp³-hybridized carbons (Fsp3) is 0.227. The second-order valence-corrected chi connectivity index (χ2v) is 6.82. The van der Waals surface area contributed by atoms with Gasteiger partial charge in [-0.25, -0.2) is 4.79 Å². The molecule has 0 spiro atoms. The summed E-state index contributed by atoms with van der Waals surface area (Å²) in [5.41, 5.74) is 2.61. The number of esters is 1. The zero-order valence-corrected chi connectivity index (χ0v) is 15.5. The molecule has 0 amide bonds. The van der Waals surface area contributed by atoms with Crippen LogP contribution in [0.5, 0.6) is 0 Å². The quantitative estimate of drug-likeness (QED) is 0.826. The average molecular weight is 376 g/mol. The molecule has 0 radical (unpaired) electrons. The molecule has 0 aromatic heterocycles. The fourth-order valence-corrected chi connectivity index (χ4v) is 3.67. The van der Waals surface area contributed by atoms with Gasteiger partial charge >= 0.3 is 5.97 Å². The van der Waals surface area contributed by atoms with Crippen LogP contribution in [0.1, 0.15) is 43.9 Å². The Bertz CT molecular complexity index is 986. The Balaban J connectivity index is 1.74. The van der Waals surface area contributed by atoms with E-state index in [-0.39, 0.29) is 17.3 Å². The smallest absolute Gasteiger partial charge is 0.337 e. The van der Waals surface area contributed by atoms with Crippen LogP contribution in [0.15, 0.2) is 59.9 Å². The summed E-state index contributed by atoms with van der Waals surface area (Å²) in [7, 11) is 1.32. The molecule has 2 aliphatic rings. The van der Waals surface area contributed by atoms with Crippen molar-refractivity contribution < 1.29 is 19.1 Å². The molecule has 2 aromatic rings. The van der Waals surface area contributed by atoms with Gasteiger partial charge in [0.15, 0.2) is 0 Å². The molecule has 0 bridgehead atoms. The van der Waals surface area contributed by atoms with Crippen molar-refractivity contribution in [3.63, 3.8) is 0 Å². The number of allylic oxidation sites excluding steroid dienone is 2. The highest BCUT2D eigenvalue weighted by molar-refractivity contribution is 6.27. The molecule has 6 heteroatoms. The lowest BCUT2D eigenvalue weighted by Gasteiger charge is -2.28. The minimum atomic E-state index is -0.429. The third-order valence-corrected chi connectivity index (χ3v) is 5.09. The maximum atomic E-state index is 13.2. The number of likely N-dealkylation sites (tertiary alicyclic amines) is 1. The number of ether oxygens (including phenoxy) is 1. The van der Waals surface area contributed by atoms with E-state index >= 15 is 0 Å². The van der Waals surface area contributed by atoms with E-state index in [4.69, 9.17) is 4.74 Å². The lowest BCUT2D eigenvalue weighted by atomic mass is 9.89. The Kier molecular flexibility index (Phi) is 4.69. The number of Topliss-reactive ketones (excluding diaryl/α,β-unsaturated/α-hetero) is 2. The fourth-order valence-electron chi connectivity index (χ4n) is 3.67. The van der Waals surface area contributed by atoms with Gasteiger partial charge in [0.1, 0.15) is 11.4 Å². The highest BCUT2D eigenvalue weighted by Gasteiger charge is 2.36. The molecule has 28 heavy (non-hydrogen) atoms. The molecule has 4 rings (SSSR count). The topological polar surface area (TPSA) is 75.7 Å². The van der Waals surface area contributed by atoms with Gasteiger partial charge in [-0.3, -0.25) is 9.59 Å². The third kappa shape index (κ3) is 3.07. The summed E-state index contributed by atoms with van der Waals surface area (Å²) in [5.74, 6) is -0.763. The zero-order chi connectivity index (χ0) is 19.7. The van der Waals surface area contributed by atoms with Gasteiger partial charge in [0.2, 0.25) is 11.6 Å². The van der Waals surface area contributed by atoms with E-state index in [0.29, 0.717) is 28.1 Å². The first-order chi connectivity index (χ1) is 13.6. The van der Waals surface area contributed by atoms with Crippen molar-refractivity contribution in [2.45, 2.75) is 12.8 Å². The van der Waals surface area contributed by atoms with Crippen LogP contribution >= 0.6 is 0 Å². The first-order valence-corrected chi connectivity index (χ1v) is 9.23. The number of rotatable bonds is 4. The van der Waals surface area contributed by atoms with Gasteiger partial charge in [0, 0.05) is 29.9 Å². The maximum Gasteiger partial charge on any atom is 0.337 e. The second kappa shape index (κ2) is 7.31. The molecule has 2 aromatic carbocycles. The first kappa shape index (κ1) is 18.0. The Morgan fingerprint density at radius 1 is 0.929 bits per heavy atom. The van der Waals surface area contributed by atoms with Crippen molar-refractivity contribution in [2.75, 3.05) is 25.5 Å². The largest absolute Gasteiger partial charge is 0.465 e. The number of hydrogen-bond acceptors (Lipinski definition) is 6. The molecule has 142 valence electrons. The summed E-state index contributed by atoms with van der Waals surface area (Å²) >= 11 is 0. The monoisotopic (exact) mass is 376 g/mol. The number of methoxy groups -OCH3 is 1. The number of fused-ring (bicyclic) bond motifs is 1. The molecule has 1 aliphatic carbocycles. The predicted octanol–water partition coefficient (Wildman–Crippen LogP) is 3.27. The Labute approximate surface area is 162 Å². The van der Waals surface area contributed by atoms with E-state index in [1.165, 1.54) is 7.11 Å². The number of carbonyl (C=O) groups is 3. The number of carbonyl (C=O) groups excluding carboxylic acids is 3. The maximum absolute atomic E-state index is 13.2. The van der Waals surface area contributed by atoms with Crippen LogP contribution in [0.3, 0.4) is 0 Å². The second-order valence-electron chi connectivity index (χ2n) is 6.82. The van der Waals surface area contributed by atoms with Crippen molar-refractivity contribution in [2.24, 2.45) is 0 Å². The Morgan fingerprint density at radius 3 is 2.14 bits per heavy atom. The van der Waals surface area contributed by atoms with Crippen molar-refractivity contribution in [1.82, 2.24) is 4.90 Å². The molecule has 1 heterocycles. The van der Waals surface area contributed by atoms with Gasteiger partial charge in [-0.1, -0.05) is 24.3 Å². The normalized spacial score (nSPS) is 16.2. The molecule has 0 unspecified atom stereocenters. The number of anilines is 1. The van der Waals surface area contributed by atoms with E-state index in [0.717, 1.165) is 25.9 Å². The molecule has 1 fully saturated rings. The highest BCUT2D eigenvalue weighted by atomic mass is 16.5. The standard InChI is InChI=1S/C22H20N2O4/c1-28-22(27)14-8-10-15(11-9-14)23-18-19(24-12-4-5-13-24)21(26)17-7-3-2-6-16(17)20(18)25/h2-3,6-11,23H,4-5,12-13H2,1H3. The van der Waals surface area contributed by atoms with Gasteiger partial charge in [-0.05, 0) is 37.1 Å². The summed E-state index contributed by atoms with van der Waals surface area (Å²) in [4.78, 5) is 40.0. The van der Waals surface area contributed by atoms with Crippen LogP contribution in [0.2, 0.25) is 0 Å². The number of nitrogens with zero attached hydrogens (tertiary/aromatic N) is 1. The summed E-state index contributed by atoms with van der Waals surface area (Å²) in [6.45, 7) is 1.51. The zero-order valence-electron chi connectivity index (χ0n) is 15.5. The van der Waals surface area contributed by atoms with Crippen LogP contribution < -0.4 is 5.32 Å². The third-order valence-electron chi connectivity index (χ3n) is 5.09. The SMILES string of the molecule is COC(=O)c1ccc(NC2=C(N3CCCC3)C(=O)c3ccccc3C2=O)cc1. The molecule has 1 saturated heterocycles. The lowest BCUT2D eigenvalue weighted by molar-refractivity contribution is 0.0600. The average Bonchev–Trinajstić information content (AvgIpc) is 3.26. The van der Waals surface area contributed by atoms with E-state index in [1.54, 1.807) is 48.5 Å². The van der Waals surface area contributed by atoms with Gasteiger partial charge in [0.25, 0.3) is 0 Å². The minimum absolute atomic E-state index is 0.134. The molecule has 0 atom stereocenters. The van der Waals surface area contributed by atoms with Crippen molar-refractivity contribution in [1.29, 1.82) is 0 Å². The van der Waals surface area contributed by atoms with Crippen LogP contribution in [-0.4, -0.2) is 42.6 Å². The van der Waals surface area contributed by atoms with Gasteiger partial charge in [-0.2, -0.15) is 0 Å². The lowest BCUT2D eigenvalue weighted by Crippen LogP contribution is -2.35. The van der Waals surface area contributed by atoms with E-state index < -0.39 is 5.97 Å². The van der Waals surface area contributed by atoms with Gasteiger partial charge < -0.3 is 15.0 Å². The van der Waals surface area contributed by atoms with E-state index in [9.17, 15) is 14.4 Å². The predicted molar refractivity (Wildman–Crippen MR) is 104 cm³/mol.